The summed E-state index contributed by atoms with van der Waals surface area (Å²) in [6, 6.07) is 0. The zero-order valence-corrected chi connectivity index (χ0v) is 9.03. The number of carbonyl (C=O) groups is 1. The first kappa shape index (κ1) is 10.1. The van der Waals surface area contributed by atoms with Crippen LogP contribution < -0.4 is 0 Å². The van der Waals surface area contributed by atoms with Crippen LogP contribution in [0, 0.1) is 11.3 Å². The van der Waals surface area contributed by atoms with E-state index < -0.39 is 0 Å². The number of hydrogen-bond acceptors (Lipinski definition) is 2. The molecule has 1 saturated carbocycles. The van der Waals surface area contributed by atoms with E-state index in [-0.39, 0.29) is 11.3 Å². The van der Waals surface area contributed by atoms with Gasteiger partial charge in [-0.15, -0.1) is 0 Å². The molecule has 0 aromatic rings. The zero-order chi connectivity index (χ0) is 9.35. The van der Waals surface area contributed by atoms with E-state index in [1.54, 1.807) is 0 Å². The molecule has 0 N–H and O–H groups in total. The largest absolute Gasteiger partial charge is 0.299 e. The van der Waals surface area contributed by atoms with E-state index in [4.69, 9.17) is 0 Å². The van der Waals surface area contributed by atoms with Gasteiger partial charge in [0.2, 0.25) is 0 Å². The molecular weight excluding hydrogens is 168 g/mol. The van der Waals surface area contributed by atoms with Crippen LogP contribution in [0.1, 0.15) is 40.0 Å². The summed E-state index contributed by atoms with van der Waals surface area (Å²) in [5.41, 5.74) is -0.185. The molecule has 1 fully saturated rings. The van der Waals surface area contributed by atoms with Gasteiger partial charge in [-0.1, -0.05) is 27.2 Å². The maximum atomic E-state index is 11.8. The average Bonchev–Trinajstić information content (AvgIpc) is 2.31. The van der Waals surface area contributed by atoms with Gasteiger partial charge in [-0.3, -0.25) is 4.79 Å². The van der Waals surface area contributed by atoms with Crippen molar-refractivity contribution in [2.75, 3.05) is 0 Å². The van der Waals surface area contributed by atoms with Gasteiger partial charge < -0.3 is 0 Å². The highest BCUT2D eigenvalue weighted by atomic mass is 32.1. The van der Waals surface area contributed by atoms with Crippen molar-refractivity contribution in [1.29, 1.82) is 0 Å². The van der Waals surface area contributed by atoms with E-state index in [1.807, 2.05) is 20.8 Å². The summed E-state index contributed by atoms with van der Waals surface area (Å²) >= 11 is 4.44. The van der Waals surface area contributed by atoms with Crippen molar-refractivity contribution in [2.24, 2.45) is 11.3 Å². The maximum Gasteiger partial charge on any atom is 0.142 e. The summed E-state index contributed by atoms with van der Waals surface area (Å²) in [5, 5.41) is 0.316. The van der Waals surface area contributed by atoms with E-state index in [1.165, 1.54) is 6.42 Å². The van der Waals surface area contributed by atoms with Crippen LogP contribution in [0.4, 0.5) is 0 Å². The van der Waals surface area contributed by atoms with Crippen LogP contribution in [0.2, 0.25) is 0 Å². The molecule has 0 aliphatic heterocycles. The number of ketones is 1. The molecule has 0 saturated heterocycles. The molecule has 1 aliphatic rings. The Hall–Kier alpha value is 0.0200. The molecule has 1 aliphatic carbocycles. The third-order valence-corrected chi connectivity index (χ3v) is 3.17. The lowest BCUT2D eigenvalue weighted by Gasteiger charge is -2.23. The predicted octanol–water partition coefficient (Wildman–Crippen LogP) is 2.70. The van der Waals surface area contributed by atoms with Crippen LogP contribution in [0.15, 0.2) is 0 Å². The highest BCUT2D eigenvalue weighted by Crippen LogP contribution is 2.35. The lowest BCUT2D eigenvalue weighted by molar-refractivity contribution is -0.130. The van der Waals surface area contributed by atoms with Gasteiger partial charge in [0.25, 0.3) is 0 Å². The van der Waals surface area contributed by atoms with Crippen LogP contribution in [-0.4, -0.2) is 11.0 Å². The second-order valence-electron chi connectivity index (χ2n) is 4.72. The Morgan fingerprint density at radius 3 is 2.25 bits per heavy atom. The van der Waals surface area contributed by atoms with E-state index in [9.17, 15) is 4.79 Å². The Bertz CT molecular complexity index is 181. The lowest BCUT2D eigenvalue weighted by atomic mass is 9.82. The summed E-state index contributed by atoms with van der Waals surface area (Å²) in [6.45, 7) is 5.98. The molecule has 0 heterocycles. The fourth-order valence-corrected chi connectivity index (χ4v) is 2.27. The van der Waals surface area contributed by atoms with Gasteiger partial charge in [-0.2, -0.15) is 12.6 Å². The molecule has 2 unspecified atom stereocenters. The van der Waals surface area contributed by atoms with Crippen LogP contribution in [0.5, 0.6) is 0 Å². The molecule has 1 rings (SSSR count). The minimum Gasteiger partial charge on any atom is -0.299 e. The highest BCUT2D eigenvalue weighted by Gasteiger charge is 2.36. The molecule has 0 radical (unpaired) electrons. The third-order valence-electron chi connectivity index (χ3n) is 2.56. The smallest absolute Gasteiger partial charge is 0.142 e. The summed E-state index contributed by atoms with van der Waals surface area (Å²) in [7, 11) is 0. The summed E-state index contributed by atoms with van der Waals surface area (Å²) in [4.78, 5) is 11.8. The van der Waals surface area contributed by atoms with Gasteiger partial charge in [0.05, 0.1) is 0 Å². The highest BCUT2D eigenvalue weighted by molar-refractivity contribution is 7.81. The van der Waals surface area contributed by atoms with E-state index in [2.05, 4.69) is 12.6 Å². The molecule has 12 heavy (non-hydrogen) atoms. The van der Waals surface area contributed by atoms with E-state index in [0.29, 0.717) is 11.0 Å². The fraction of sp³-hybridized carbons (Fsp3) is 0.900. The standard InChI is InChI=1S/C10H18OS/c1-10(2,3)9(11)7-5-4-6-8(7)12/h7-8,12H,4-6H2,1-3H3. The molecule has 2 heteroatoms. The summed E-state index contributed by atoms with van der Waals surface area (Å²) in [5.74, 6) is 0.605. The Kier molecular flexibility index (Phi) is 2.87. The molecule has 0 amide bonds. The molecule has 0 aromatic heterocycles. The number of thiol groups is 1. The van der Waals surface area contributed by atoms with Gasteiger partial charge >= 0.3 is 0 Å². The maximum absolute atomic E-state index is 11.8. The number of Topliss-reactive ketones (excluding diaryl/α,β-unsaturated/α-hetero) is 1. The van der Waals surface area contributed by atoms with Crippen molar-refractivity contribution in [3.05, 3.63) is 0 Å². The summed E-state index contributed by atoms with van der Waals surface area (Å²) in [6.07, 6.45) is 3.32. The Balaban J connectivity index is 2.64. The van der Waals surface area contributed by atoms with Crippen molar-refractivity contribution >= 4 is 18.4 Å². The van der Waals surface area contributed by atoms with Crippen molar-refractivity contribution in [1.82, 2.24) is 0 Å². The van der Waals surface area contributed by atoms with Gasteiger partial charge in [0.15, 0.2) is 0 Å². The average molecular weight is 186 g/mol. The summed E-state index contributed by atoms with van der Waals surface area (Å²) < 4.78 is 0. The van der Waals surface area contributed by atoms with Crippen molar-refractivity contribution in [3.8, 4) is 0 Å². The number of rotatable bonds is 1. The first-order valence-corrected chi connectivity index (χ1v) is 5.17. The molecule has 1 nitrogen and oxygen atoms in total. The van der Waals surface area contributed by atoms with Gasteiger partial charge in [-0.25, -0.2) is 0 Å². The number of carbonyl (C=O) groups excluding carboxylic acids is 1. The van der Waals surface area contributed by atoms with Crippen molar-refractivity contribution in [3.63, 3.8) is 0 Å². The Labute approximate surface area is 80.3 Å². The molecule has 0 aromatic carbocycles. The molecule has 0 spiro atoms. The first-order chi connectivity index (χ1) is 5.43. The Morgan fingerprint density at radius 1 is 1.33 bits per heavy atom. The molecule has 70 valence electrons. The topological polar surface area (TPSA) is 17.1 Å². The fourth-order valence-electron chi connectivity index (χ4n) is 1.80. The van der Waals surface area contributed by atoms with E-state index >= 15 is 0 Å². The predicted molar refractivity (Wildman–Crippen MR) is 54.6 cm³/mol. The van der Waals surface area contributed by atoms with Crippen LogP contribution in [-0.2, 0) is 4.79 Å². The van der Waals surface area contributed by atoms with Crippen LogP contribution >= 0.6 is 12.6 Å². The lowest BCUT2D eigenvalue weighted by Crippen LogP contribution is -2.30. The van der Waals surface area contributed by atoms with Crippen molar-refractivity contribution < 1.29 is 4.79 Å². The molecular formula is C10H18OS. The second kappa shape index (κ2) is 3.41. The Morgan fingerprint density at radius 2 is 1.92 bits per heavy atom. The molecule has 2 atom stereocenters. The van der Waals surface area contributed by atoms with Gasteiger partial charge in [-0.05, 0) is 12.8 Å². The third kappa shape index (κ3) is 2.03. The SMILES string of the molecule is CC(C)(C)C(=O)C1CCCC1S. The van der Waals surface area contributed by atoms with Crippen LogP contribution in [0.25, 0.3) is 0 Å². The monoisotopic (exact) mass is 186 g/mol. The van der Waals surface area contributed by atoms with Gasteiger partial charge in [0.1, 0.15) is 5.78 Å². The first-order valence-electron chi connectivity index (χ1n) is 4.65. The second-order valence-corrected chi connectivity index (χ2v) is 5.38. The van der Waals surface area contributed by atoms with Crippen molar-refractivity contribution in [2.45, 2.75) is 45.3 Å². The quantitative estimate of drug-likeness (QED) is 0.623. The van der Waals surface area contributed by atoms with Crippen LogP contribution in [0.3, 0.4) is 0 Å². The minimum atomic E-state index is -0.185. The zero-order valence-electron chi connectivity index (χ0n) is 8.13. The molecule has 0 bridgehead atoms. The van der Waals surface area contributed by atoms with Gasteiger partial charge in [0, 0.05) is 16.6 Å². The number of hydrogen-bond donors (Lipinski definition) is 1. The normalized spacial score (nSPS) is 30.7. The van der Waals surface area contributed by atoms with E-state index in [0.717, 1.165) is 12.8 Å². The minimum absolute atomic E-state index is 0.185.